The highest BCUT2D eigenvalue weighted by Crippen LogP contribution is 2.35. The van der Waals surface area contributed by atoms with Crippen LogP contribution < -0.4 is 10.1 Å². The number of carbonyl (C=O) groups is 2. The van der Waals surface area contributed by atoms with Gasteiger partial charge in [0.1, 0.15) is 11.0 Å². The van der Waals surface area contributed by atoms with Gasteiger partial charge in [0.15, 0.2) is 0 Å². The molecule has 1 unspecified atom stereocenters. The van der Waals surface area contributed by atoms with Crippen LogP contribution in [-0.4, -0.2) is 23.6 Å². The van der Waals surface area contributed by atoms with Gasteiger partial charge in [0, 0.05) is 11.4 Å². The second kappa shape index (κ2) is 13.2. The number of nitrogens with one attached hydrogen (secondary N) is 1. The molecule has 0 aliphatic heterocycles. The summed E-state index contributed by atoms with van der Waals surface area (Å²) in [5, 5.41) is 11.8. The lowest BCUT2D eigenvalue weighted by Crippen LogP contribution is -2.19. The van der Waals surface area contributed by atoms with E-state index in [1.807, 2.05) is 36.4 Å². The third-order valence-corrected chi connectivity index (χ3v) is 8.59. The van der Waals surface area contributed by atoms with Crippen molar-refractivity contribution >= 4 is 29.3 Å². The topological polar surface area (TPSA) is 75.6 Å². The molecule has 1 amide bonds. The highest BCUT2D eigenvalue weighted by molar-refractivity contribution is 7.99. The highest BCUT2D eigenvalue weighted by atomic mass is 32.2. The smallest absolute Gasteiger partial charge is 0.335 e. The molecule has 1 aliphatic rings. The molecule has 6 heteroatoms. The molecule has 0 aromatic heterocycles. The summed E-state index contributed by atoms with van der Waals surface area (Å²) in [5.41, 5.74) is 4.11. The third-order valence-electron chi connectivity index (χ3n) is 7.27. The summed E-state index contributed by atoms with van der Waals surface area (Å²) in [6.45, 7) is 7.27. The Labute approximate surface area is 236 Å². The van der Waals surface area contributed by atoms with Crippen molar-refractivity contribution < 1.29 is 19.4 Å². The van der Waals surface area contributed by atoms with Crippen molar-refractivity contribution in [3.8, 4) is 5.75 Å². The van der Waals surface area contributed by atoms with Gasteiger partial charge in [-0.2, -0.15) is 0 Å². The molecule has 1 fully saturated rings. The molecule has 1 saturated carbocycles. The molecular formula is C33H39NO4S. The number of carbonyl (C=O) groups excluding carboxylic acids is 1. The second-order valence-electron chi connectivity index (χ2n) is 11.4. The third kappa shape index (κ3) is 8.37. The van der Waals surface area contributed by atoms with Crippen molar-refractivity contribution in [2.45, 2.75) is 69.3 Å². The average molecular weight is 546 g/mol. The van der Waals surface area contributed by atoms with E-state index in [9.17, 15) is 14.7 Å². The average Bonchev–Trinajstić information content (AvgIpc) is 2.93. The van der Waals surface area contributed by atoms with Crippen LogP contribution in [0.3, 0.4) is 0 Å². The molecule has 4 rings (SSSR count). The predicted molar refractivity (Wildman–Crippen MR) is 160 cm³/mol. The van der Waals surface area contributed by atoms with Crippen molar-refractivity contribution in [2.75, 3.05) is 11.9 Å². The van der Waals surface area contributed by atoms with E-state index in [-0.39, 0.29) is 16.9 Å². The van der Waals surface area contributed by atoms with E-state index in [2.05, 4.69) is 38.2 Å². The van der Waals surface area contributed by atoms with Gasteiger partial charge in [-0.15, -0.1) is 11.8 Å². The van der Waals surface area contributed by atoms with Crippen molar-refractivity contribution in [3.63, 3.8) is 0 Å². The Bertz CT molecular complexity index is 1220. The van der Waals surface area contributed by atoms with E-state index in [0.717, 1.165) is 29.2 Å². The molecule has 206 valence electrons. The zero-order chi connectivity index (χ0) is 27.8. The summed E-state index contributed by atoms with van der Waals surface area (Å²) in [6, 6.07) is 22.7. The Morgan fingerprint density at radius 1 is 0.923 bits per heavy atom. The van der Waals surface area contributed by atoms with Gasteiger partial charge in [-0.05, 0) is 77.3 Å². The molecule has 1 atom stereocenters. The fraction of sp³-hybridized carbons (Fsp3) is 0.394. The maximum absolute atomic E-state index is 13.5. The summed E-state index contributed by atoms with van der Waals surface area (Å²) >= 11 is 1.53. The number of rotatable bonds is 10. The van der Waals surface area contributed by atoms with Crippen molar-refractivity contribution in [1.82, 2.24) is 0 Å². The molecule has 0 radical (unpaired) electrons. The molecule has 3 aromatic rings. The molecule has 5 nitrogen and oxygen atoms in total. The highest BCUT2D eigenvalue weighted by Gasteiger charge is 2.23. The number of amides is 1. The summed E-state index contributed by atoms with van der Waals surface area (Å²) < 4.78 is 6.02. The Balaban J connectivity index is 1.44. The van der Waals surface area contributed by atoms with Gasteiger partial charge in [0.25, 0.3) is 0 Å². The fourth-order valence-corrected chi connectivity index (χ4v) is 5.93. The van der Waals surface area contributed by atoms with E-state index in [1.54, 1.807) is 24.3 Å². The van der Waals surface area contributed by atoms with Crippen LogP contribution in [0.25, 0.3) is 0 Å². The molecule has 0 spiro atoms. The molecule has 0 bridgehead atoms. The van der Waals surface area contributed by atoms with Crippen LogP contribution >= 0.6 is 11.8 Å². The van der Waals surface area contributed by atoms with Crippen molar-refractivity contribution in [1.29, 1.82) is 0 Å². The summed E-state index contributed by atoms with van der Waals surface area (Å²) in [6.07, 6.45) is 6.42. The molecule has 0 heterocycles. The van der Waals surface area contributed by atoms with Gasteiger partial charge < -0.3 is 15.2 Å². The quantitative estimate of drug-likeness (QED) is 0.268. The van der Waals surface area contributed by atoms with Crippen LogP contribution in [-0.2, 0) is 16.0 Å². The predicted octanol–water partition coefficient (Wildman–Crippen LogP) is 8.25. The minimum Gasteiger partial charge on any atom is -0.493 e. The van der Waals surface area contributed by atoms with Gasteiger partial charge in [0.2, 0.25) is 5.91 Å². The lowest BCUT2D eigenvalue weighted by Gasteiger charge is -2.22. The van der Waals surface area contributed by atoms with E-state index >= 15 is 0 Å². The van der Waals surface area contributed by atoms with E-state index < -0.39 is 11.2 Å². The monoisotopic (exact) mass is 545 g/mol. The zero-order valence-corrected chi connectivity index (χ0v) is 23.9. The minimum atomic E-state index is -0.948. The van der Waals surface area contributed by atoms with Gasteiger partial charge in [-0.1, -0.05) is 76.4 Å². The number of aromatic carboxylic acids is 1. The molecule has 3 aromatic carbocycles. The van der Waals surface area contributed by atoms with Crippen LogP contribution in [0.4, 0.5) is 5.69 Å². The molecule has 1 aliphatic carbocycles. The summed E-state index contributed by atoms with van der Waals surface area (Å²) in [7, 11) is 0. The molecule has 39 heavy (non-hydrogen) atoms. The molecule has 2 N–H and O–H groups in total. The first kappa shape index (κ1) is 28.8. The van der Waals surface area contributed by atoms with Gasteiger partial charge >= 0.3 is 5.97 Å². The SMILES string of the molecule is CC(C)(C)c1ccc(C(SCc2ccc(C(=O)O)cc2)C(=O)Nc2ccc(OCC3CCCCC3)cc2)cc1. The largest absolute Gasteiger partial charge is 0.493 e. The van der Waals surface area contributed by atoms with Gasteiger partial charge in [-0.25, -0.2) is 4.79 Å². The number of carboxylic acids is 1. The van der Waals surface area contributed by atoms with Gasteiger partial charge in [0.05, 0.1) is 12.2 Å². The number of anilines is 1. The van der Waals surface area contributed by atoms with Crippen LogP contribution in [0.1, 0.15) is 85.2 Å². The lowest BCUT2D eigenvalue weighted by molar-refractivity contribution is -0.115. The Kier molecular flexibility index (Phi) is 9.73. The maximum atomic E-state index is 13.5. The van der Waals surface area contributed by atoms with Crippen LogP contribution in [0.2, 0.25) is 0 Å². The number of carboxylic acid groups (broad SMARTS) is 1. The lowest BCUT2D eigenvalue weighted by atomic mass is 9.86. The Morgan fingerprint density at radius 2 is 1.56 bits per heavy atom. The normalized spacial score (nSPS) is 14.9. The number of thioether (sulfide) groups is 1. The van der Waals surface area contributed by atoms with E-state index in [4.69, 9.17) is 4.74 Å². The number of benzene rings is 3. The molecule has 0 saturated heterocycles. The van der Waals surface area contributed by atoms with E-state index in [0.29, 0.717) is 11.7 Å². The van der Waals surface area contributed by atoms with Crippen LogP contribution in [0, 0.1) is 5.92 Å². The van der Waals surface area contributed by atoms with Crippen molar-refractivity contribution in [2.24, 2.45) is 5.92 Å². The first-order valence-corrected chi connectivity index (χ1v) is 14.8. The minimum absolute atomic E-state index is 0.0239. The second-order valence-corrected chi connectivity index (χ2v) is 12.5. The number of ether oxygens (including phenoxy) is 1. The summed E-state index contributed by atoms with van der Waals surface area (Å²) in [5.74, 6) is 0.998. The van der Waals surface area contributed by atoms with Crippen LogP contribution in [0.15, 0.2) is 72.8 Å². The zero-order valence-electron chi connectivity index (χ0n) is 23.1. The first-order chi connectivity index (χ1) is 18.7. The first-order valence-electron chi connectivity index (χ1n) is 13.8. The molecular weight excluding hydrogens is 506 g/mol. The Morgan fingerprint density at radius 3 is 2.15 bits per heavy atom. The standard InChI is InChI=1S/C33H39NO4S/c1-33(2,3)27-15-13-25(14-16-27)30(39-22-24-9-11-26(12-10-24)32(36)37)31(35)34-28-17-19-29(20-18-28)38-21-23-7-5-4-6-8-23/h9-20,23,30H,4-8,21-22H2,1-3H3,(H,34,35)(H,36,37). The maximum Gasteiger partial charge on any atom is 0.335 e. The fourth-order valence-electron chi connectivity index (χ4n) is 4.81. The van der Waals surface area contributed by atoms with Crippen LogP contribution in [0.5, 0.6) is 5.75 Å². The number of hydrogen-bond donors (Lipinski definition) is 2. The van der Waals surface area contributed by atoms with E-state index in [1.165, 1.54) is 49.4 Å². The Hall–Kier alpha value is -3.25. The number of hydrogen-bond acceptors (Lipinski definition) is 4. The van der Waals surface area contributed by atoms with Crippen molar-refractivity contribution in [3.05, 3.63) is 95.1 Å². The summed E-state index contributed by atoms with van der Waals surface area (Å²) in [4.78, 5) is 24.7. The van der Waals surface area contributed by atoms with Gasteiger partial charge in [-0.3, -0.25) is 4.79 Å².